The van der Waals surface area contributed by atoms with Gasteiger partial charge in [-0.05, 0) is 96.5 Å². The number of fused-ring (bicyclic) bond motifs is 4. The lowest BCUT2D eigenvalue weighted by molar-refractivity contribution is 1.28. The number of nitrogens with zero attached hydrogens (tertiary/aromatic N) is 1. The molecule has 1 heteroatoms. The first-order valence-corrected chi connectivity index (χ1v) is 16.9. The van der Waals surface area contributed by atoms with Crippen LogP contribution in [0.15, 0.2) is 200 Å². The maximum absolute atomic E-state index is 2.43. The Morgan fingerprint density at radius 1 is 0.286 bits per heavy atom. The van der Waals surface area contributed by atoms with Crippen LogP contribution in [0.3, 0.4) is 0 Å². The van der Waals surface area contributed by atoms with Crippen molar-refractivity contribution in [3.63, 3.8) is 0 Å². The molecule has 0 aliphatic heterocycles. The van der Waals surface area contributed by atoms with Crippen LogP contribution in [0.1, 0.15) is 0 Å². The van der Waals surface area contributed by atoms with E-state index in [1.807, 2.05) is 0 Å². The summed E-state index contributed by atoms with van der Waals surface area (Å²) in [4.78, 5) is 2.43. The van der Waals surface area contributed by atoms with Crippen molar-refractivity contribution >= 4 is 49.4 Å². The summed E-state index contributed by atoms with van der Waals surface area (Å²) >= 11 is 0. The normalized spacial score (nSPS) is 11.3. The second-order valence-electron chi connectivity index (χ2n) is 12.5. The fraction of sp³-hybridized carbons (Fsp3) is 0. The largest absolute Gasteiger partial charge is 0.310 e. The van der Waals surface area contributed by atoms with Gasteiger partial charge in [-0.15, -0.1) is 0 Å². The highest BCUT2D eigenvalue weighted by molar-refractivity contribution is 6.16. The number of anilines is 3. The van der Waals surface area contributed by atoms with Crippen molar-refractivity contribution in [2.45, 2.75) is 0 Å². The molecule has 0 spiro atoms. The van der Waals surface area contributed by atoms with E-state index < -0.39 is 0 Å². The molecular formula is C48H33N. The Morgan fingerprint density at radius 2 is 0.837 bits per heavy atom. The van der Waals surface area contributed by atoms with E-state index in [0.29, 0.717) is 0 Å². The molecule has 0 atom stereocenters. The van der Waals surface area contributed by atoms with Crippen molar-refractivity contribution < 1.29 is 0 Å². The van der Waals surface area contributed by atoms with Gasteiger partial charge in [0.2, 0.25) is 0 Å². The first-order valence-electron chi connectivity index (χ1n) is 16.9. The number of benzene rings is 9. The predicted molar refractivity (Wildman–Crippen MR) is 210 cm³/mol. The summed E-state index contributed by atoms with van der Waals surface area (Å²) in [6.07, 6.45) is 0. The zero-order valence-electron chi connectivity index (χ0n) is 27.0. The Morgan fingerprint density at radius 3 is 1.65 bits per heavy atom. The molecule has 49 heavy (non-hydrogen) atoms. The molecule has 9 aromatic carbocycles. The quantitative estimate of drug-likeness (QED) is 0.167. The van der Waals surface area contributed by atoms with Crippen LogP contribution in [0.4, 0.5) is 17.1 Å². The number of hydrogen-bond donors (Lipinski definition) is 0. The zero-order chi connectivity index (χ0) is 32.6. The van der Waals surface area contributed by atoms with Gasteiger partial charge in [0.05, 0.1) is 5.69 Å². The standard InChI is InChI=1S/C48H33N/c1-3-16-34(17-4-1)36-21-13-24-39(32-36)49(38-22-5-2-6-23-38)47-31-15-30-45(48(47)44-29-14-20-35-18-7-9-25-40(35)44)46-33-37-19-8-10-26-41(37)42-27-11-12-28-43(42)46/h1-33H. The molecule has 0 fully saturated rings. The van der Waals surface area contributed by atoms with E-state index in [4.69, 9.17) is 0 Å². The highest BCUT2D eigenvalue weighted by atomic mass is 15.1. The van der Waals surface area contributed by atoms with Gasteiger partial charge in [0.1, 0.15) is 0 Å². The molecule has 9 aromatic rings. The average molecular weight is 624 g/mol. The van der Waals surface area contributed by atoms with Crippen molar-refractivity contribution in [3.8, 4) is 33.4 Å². The summed E-state index contributed by atoms with van der Waals surface area (Å²) in [5, 5.41) is 7.48. The molecule has 0 aliphatic rings. The third-order valence-corrected chi connectivity index (χ3v) is 9.63. The topological polar surface area (TPSA) is 3.24 Å². The summed E-state index contributed by atoms with van der Waals surface area (Å²) < 4.78 is 0. The fourth-order valence-corrected chi connectivity index (χ4v) is 7.41. The Kier molecular flexibility index (Phi) is 7.22. The van der Waals surface area contributed by atoms with Crippen LogP contribution in [-0.4, -0.2) is 0 Å². The predicted octanol–water partition coefficient (Wildman–Crippen LogP) is 13.6. The van der Waals surface area contributed by atoms with Crippen LogP contribution in [0.2, 0.25) is 0 Å². The van der Waals surface area contributed by atoms with Gasteiger partial charge in [-0.2, -0.15) is 0 Å². The minimum absolute atomic E-state index is 1.11. The van der Waals surface area contributed by atoms with Gasteiger partial charge < -0.3 is 4.90 Å². The second kappa shape index (κ2) is 12.3. The number of rotatable bonds is 6. The second-order valence-corrected chi connectivity index (χ2v) is 12.5. The molecule has 230 valence electrons. The van der Waals surface area contributed by atoms with Gasteiger partial charge in [0, 0.05) is 16.9 Å². The van der Waals surface area contributed by atoms with Crippen LogP contribution in [0.25, 0.3) is 65.7 Å². The van der Waals surface area contributed by atoms with Crippen molar-refractivity contribution in [2.75, 3.05) is 4.90 Å². The lowest BCUT2D eigenvalue weighted by Gasteiger charge is -2.30. The molecule has 0 saturated heterocycles. The van der Waals surface area contributed by atoms with Crippen molar-refractivity contribution in [2.24, 2.45) is 0 Å². The molecule has 0 saturated carbocycles. The fourth-order valence-electron chi connectivity index (χ4n) is 7.41. The summed E-state index contributed by atoms with van der Waals surface area (Å²) in [7, 11) is 0. The Hall–Kier alpha value is -6.44. The molecule has 0 unspecified atom stereocenters. The van der Waals surface area contributed by atoms with Crippen molar-refractivity contribution in [1.29, 1.82) is 0 Å². The molecule has 1 nitrogen and oxygen atoms in total. The highest BCUT2D eigenvalue weighted by Gasteiger charge is 2.23. The molecule has 0 N–H and O–H groups in total. The minimum atomic E-state index is 1.11. The van der Waals surface area contributed by atoms with E-state index in [-0.39, 0.29) is 0 Å². The summed E-state index contributed by atoms with van der Waals surface area (Å²) in [6, 6.07) is 72.5. The molecule has 0 aromatic heterocycles. The van der Waals surface area contributed by atoms with Gasteiger partial charge in [-0.25, -0.2) is 0 Å². The number of hydrogen-bond acceptors (Lipinski definition) is 1. The lowest BCUT2D eigenvalue weighted by Crippen LogP contribution is -2.12. The first kappa shape index (κ1) is 28.8. The van der Waals surface area contributed by atoms with Crippen LogP contribution in [0, 0.1) is 0 Å². The third-order valence-electron chi connectivity index (χ3n) is 9.63. The van der Waals surface area contributed by atoms with E-state index >= 15 is 0 Å². The highest BCUT2D eigenvalue weighted by Crippen LogP contribution is 2.49. The van der Waals surface area contributed by atoms with Crippen molar-refractivity contribution in [1.82, 2.24) is 0 Å². The van der Waals surface area contributed by atoms with E-state index in [2.05, 4.69) is 205 Å². The summed E-state index contributed by atoms with van der Waals surface area (Å²) in [5.41, 5.74) is 10.6. The molecular weight excluding hydrogens is 591 g/mol. The van der Waals surface area contributed by atoms with Crippen LogP contribution < -0.4 is 4.90 Å². The van der Waals surface area contributed by atoms with Crippen LogP contribution in [0.5, 0.6) is 0 Å². The Labute approximate surface area is 287 Å². The molecule has 9 rings (SSSR count). The van der Waals surface area contributed by atoms with E-state index in [0.717, 1.165) is 17.1 Å². The maximum atomic E-state index is 2.43. The summed E-state index contributed by atoms with van der Waals surface area (Å²) in [6.45, 7) is 0. The van der Waals surface area contributed by atoms with Gasteiger partial charge in [-0.1, -0.05) is 164 Å². The molecule has 0 bridgehead atoms. The van der Waals surface area contributed by atoms with Gasteiger partial charge in [0.25, 0.3) is 0 Å². The SMILES string of the molecule is c1ccc(-c2cccc(N(c3ccccc3)c3cccc(-c4cc5ccccc5c5ccccc45)c3-c3cccc4ccccc34)c2)cc1. The van der Waals surface area contributed by atoms with Crippen molar-refractivity contribution in [3.05, 3.63) is 200 Å². The van der Waals surface area contributed by atoms with Gasteiger partial charge >= 0.3 is 0 Å². The van der Waals surface area contributed by atoms with Gasteiger partial charge in [-0.3, -0.25) is 0 Å². The van der Waals surface area contributed by atoms with E-state index in [1.54, 1.807) is 0 Å². The monoisotopic (exact) mass is 623 g/mol. The van der Waals surface area contributed by atoms with Crippen LogP contribution >= 0.6 is 0 Å². The van der Waals surface area contributed by atoms with E-state index in [1.165, 1.54) is 65.7 Å². The third kappa shape index (κ3) is 5.13. The number of para-hydroxylation sites is 1. The minimum Gasteiger partial charge on any atom is -0.310 e. The van der Waals surface area contributed by atoms with Crippen LogP contribution in [-0.2, 0) is 0 Å². The van der Waals surface area contributed by atoms with Gasteiger partial charge in [0.15, 0.2) is 0 Å². The molecule has 0 radical (unpaired) electrons. The molecule has 0 heterocycles. The summed E-state index contributed by atoms with van der Waals surface area (Å²) in [5.74, 6) is 0. The maximum Gasteiger partial charge on any atom is 0.0546 e. The smallest absolute Gasteiger partial charge is 0.0546 e. The zero-order valence-corrected chi connectivity index (χ0v) is 27.0. The average Bonchev–Trinajstić information content (AvgIpc) is 3.18. The Balaban J connectivity index is 1.39. The molecule has 0 amide bonds. The van der Waals surface area contributed by atoms with E-state index in [9.17, 15) is 0 Å². The Bertz CT molecular complexity index is 2600. The first-order chi connectivity index (χ1) is 24.3. The molecule has 0 aliphatic carbocycles. The lowest BCUT2D eigenvalue weighted by atomic mass is 9.86.